The number of nitrogens with zero attached hydrogens (tertiary/aromatic N) is 3. The zero-order chi connectivity index (χ0) is 15.6. The number of fused-ring (bicyclic) bond motifs is 1. The molecule has 1 unspecified atom stereocenters. The van der Waals surface area contributed by atoms with Crippen molar-refractivity contribution in [3.8, 4) is 5.82 Å². The van der Waals surface area contributed by atoms with Crippen LogP contribution >= 0.6 is 0 Å². The second kappa shape index (κ2) is 5.88. The molecule has 0 bridgehead atoms. The highest BCUT2D eigenvalue weighted by Gasteiger charge is 2.15. The van der Waals surface area contributed by atoms with Gasteiger partial charge in [-0.2, -0.15) is 0 Å². The normalized spacial score (nSPS) is 16.8. The second-order valence-corrected chi connectivity index (χ2v) is 6.31. The van der Waals surface area contributed by atoms with Gasteiger partial charge in [0.05, 0.1) is 0 Å². The van der Waals surface area contributed by atoms with Crippen molar-refractivity contribution in [3.05, 3.63) is 66.2 Å². The lowest BCUT2D eigenvalue weighted by Gasteiger charge is -2.22. The van der Waals surface area contributed by atoms with Crippen LogP contribution in [0.15, 0.2) is 55.1 Å². The Bertz CT molecular complexity index is 808. The molecule has 1 aliphatic carbocycles. The zero-order valence-corrected chi connectivity index (χ0v) is 13.2. The molecule has 3 aromatic rings. The molecule has 116 valence electrons. The Morgan fingerprint density at radius 2 is 2.13 bits per heavy atom. The number of aryl methyl sites for hydroxylation is 1. The highest BCUT2D eigenvalue weighted by Crippen LogP contribution is 2.28. The van der Waals surface area contributed by atoms with E-state index in [4.69, 9.17) is 0 Å². The van der Waals surface area contributed by atoms with E-state index in [0.29, 0.717) is 0 Å². The smallest absolute Gasteiger partial charge is 0.140 e. The Morgan fingerprint density at radius 3 is 3.00 bits per heavy atom. The Kier molecular flexibility index (Phi) is 3.58. The summed E-state index contributed by atoms with van der Waals surface area (Å²) in [4.78, 5) is 8.72. The van der Waals surface area contributed by atoms with Crippen LogP contribution < -0.4 is 5.32 Å². The Morgan fingerprint density at radius 1 is 1.17 bits per heavy atom. The minimum absolute atomic E-state index is 0.801. The van der Waals surface area contributed by atoms with Gasteiger partial charge in [-0.3, -0.25) is 4.57 Å². The van der Waals surface area contributed by atoms with Gasteiger partial charge in [-0.25, -0.2) is 9.97 Å². The number of aromatic nitrogens is 3. The molecule has 0 fully saturated rings. The molecule has 4 rings (SSSR count). The number of pyridine rings is 1. The molecule has 2 aromatic heterocycles. The van der Waals surface area contributed by atoms with E-state index in [1.807, 2.05) is 29.0 Å². The maximum absolute atomic E-state index is 4.65. The summed E-state index contributed by atoms with van der Waals surface area (Å²) in [5.74, 6) is 2.51. The first-order chi connectivity index (χ1) is 11.3. The van der Waals surface area contributed by atoms with Crippen molar-refractivity contribution in [2.24, 2.45) is 5.92 Å². The predicted octanol–water partition coefficient (Wildman–Crippen LogP) is 4.14. The largest absolute Gasteiger partial charge is 0.340 e. The molecule has 1 atom stereocenters. The summed E-state index contributed by atoms with van der Waals surface area (Å²) in [6.45, 7) is 2.33. The maximum atomic E-state index is 4.65. The average molecular weight is 304 g/mol. The fraction of sp³-hybridized carbons (Fsp3) is 0.263. The van der Waals surface area contributed by atoms with Crippen LogP contribution in [-0.2, 0) is 12.8 Å². The fourth-order valence-corrected chi connectivity index (χ4v) is 3.19. The molecule has 0 saturated heterocycles. The third-order valence-electron chi connectivity index (χ3n) is 4.46. The lowest BCUT2D eigenvalue weighted by atomic mass is 9.85. The van der Waals surface area contributed by atoms with Gasteiger partial charge in [0.1, 0.15) is 18.0 Å². The number of hydrogen-bond donors (Lipinski definition) is 1. The van der Waals surface area contributed by atoms with Gasteiger partial charge in [0.2, 0.25) is 0 Å². The Balaban J connectivity index is 1.58. The zero-order valence-electron chi connectivity index (χ0n) is 13.2. The standard InChI is InChI=1S/C19H20N4/c1-14-5-6-16-12-17(8-7-15(16)11-14)21-18-3-2-4-19(22-18)23-10-9-20-13-23/h2-4,7-10,12-14H,5-6,11H2,1H3,(H,21,22). The lowest BCUT2D eigenvalue weighted by molar-refractivity contribution is 0.501. The molecular formula is C19H20N4. The van der Waals surface area contributed by atoms with Gasteiger partial charge in [-0.15, -0.1) is 0 Å². The highest BCUT2D eigenvalue weighted by molar-refractivity contribution is 5.59. The van der Waals surface area contributed by atoms with E-state index < -0.39 is 0 Å². The highest BCUT2D eigenvalue weighted by atomic mass is 15.1. The van der Waals surface area contributed by atoms with Crippen LogP contribution in [0.25, 0.3) is 5.82 Å². The molecule has 23 heavy (non-hydrogen) atoms. The summed E-state index contributed by atoms with van der Waals surface area (Å²) in [5.41, 5.74) is 4.07. The van der Waals surface area contributed by atoms with E-state index in [1.54, 1.807) is 12.5 Å². The number of anilines is 2. The summed E-state index contributed by atoms with van der Waals surface area (Å²) in [7, 11) is 0. The van der Waals surface area contributed by atoms with Crippen molar-refractivity contribution in [2.45, 2.75) is 26.2 Å². The predicted molar refractivity (Wildman–Crippen MR) is 92.3 cm³/mol. The second-order valence-electron chi connectivity index (χ2n) is 6.31. The first-order valence-corrected chi connectivity index (χ1v) is 8.12. The molecule has 0 amide bonds. The van der Waals surface area contributed by atoms with Gasteiger partial charge in [-0.1, -0.05) is 19.1 Å². The van der Waals surface area contributed by atoms with E-state index in [1.165, 1.54) is 30.4 Å². The molecule has 1 aliphatic rings. The van der Waals surface area contributed by atoms with Gasteiger partial charge in [-0.05, 0) is 60.6 Å². The molecule has 2 heterocycles. The fourth-order valence-electron chi connectivity index (χ4n) is 3.19. The summed E-state index contributed by atoms with van der Waals surface area (Å²) >= 11 is 0. The van der Waals surface area contributed by atoms with Crippen LogP contribution in [0.4, 0.5) is 11.5 Å². The molecule has 1 aromatic carbocycles. The first-order valence-electron chi connectivity index (χ1n) is 8.12. The van der Waals surface area contributed by atoms with Gasteiger partial charge in [0.15, 0.2) is 0 Å². The molecule has 4 nitrogen and oxygen atoms in total. The van der Waals surface area contributed by atoms with E-state index in [0.717, 1.165) is 23.2 Å². The van der Waals surface area contributed by atoms with Crippen LogP contribution in [0.1, 0.15) is 24.5 Å². The third-order valence-corrected chi connectivity index (χ3v) is 4.46. The molecular weight excluding hydrogens is 284 g/mol. The van der Waals surface area contributed by atoms with E-state index in [9.17, 15) is 0 Å². The summed E-state index contributed by atoms with van der Waals surface area (Å²) in [6, 6.07) is 12.6. The molecule has 0 radical (unpaired) electrons. The molecule has 0 saturated carbocycles. The Labute approximate surface area is 136 Å². The monoisotopic (exact) mass is 304 g/mol. The van der Waals surface area contributed by atoms with Gasteiger partial charge in [0, 0.05) is 18.1 Å². The van der Waals surface area contributed by atoms with E-state index in [-0.39, 0.29) is 0 Å². The average Bonchev–Trinajstić information content (AvgIpc) is 3.10. The minimum atomic E-state index is 0.801. The van der Waals surface area contributed by atoms with Crippen LogP contribution in [0, 0.1) is 5.92 Å². The molecule has 0 aliphatic heterocycles. The van der Waals surface area contributed by atoms with Crippen LogP contribution in [-0.4, -0.2) is 14.5 Å². The van der Waals surface area contributed by atoms with Crippen molar-refractivity contribution in [2.75, 3.05) is 5.32 Å². The van der Waals surface area contributed by atoms with Crippen molar-refractivity contribution in [1.82, 2.24) is 14.5 Å². The van der Waals surface area contributed by atoms with E-state index in [2.05, 4.69) is 40.4 Å². The van der Waals surface area contributed by atoms with Crippen molar-refractivity contribution in [3.63, 3.8) is 0 Å². The maximum Gasteiger partial charge on any atom is 0.140 e. The Hall–Kier alpha value is -2.62. The van der Waals surface area contributed by atoms with Gasteiger partial charge >= 0.3 is 0 Å². The van der Waals surface area contributed by atoms with Crippen molar-refractivity contribution < 1.29 is 0 Å². The molecule has 1 N–H and O–H groups in total. The van der Waals surface area contributed by atoms with Gasteiger partial charge in [0.25, 0.3) is 0 Å². The van der Waals surface area contributed by atoms with Crippen LogP contribution in [0.3, 0.4) is 0 Å². The first kappa shape index (κ1) is 14.0. The van der Waals surface area contributed by atoms with Crippen LogP contribution in [0.2, 0.25) is 0 Å². The minimum Gasteiger partial charge on any atom is -0.340 e. The van der Waals surface area contributed by atoms with Crippen molar-refractivity contribution >= 4 is 11.5 Å². The topological polar surface area (TPSA) is 42.7 Å². The van der Waals surface area contributed by atoms with E-state index >= 15 is 0 Å². The number of nitrogens with one attached hydrogen (secondary N) is 1. The summed E-state index contributed by atoms with van der Waals surface area (Å²) in [5, 5.41) is 3.42. The quantitative estimate of drug-likeness (QED) is 0.791. The van der Waals surface area contributed by atoms with Gasteiger partial charge < -0.3 is 5.32 Å². The molecule has 0 spiro atoms. The van der Waals surface area contributed by atoms with Crippen LogP contribution in [0.5, 0.6) is 0 Å². The number of imidazole rings is 1. The molecule has 4 heteroatoms. The lowest BCUT2D eigenvalue weighted by Crippen LogP contribution is -2.11. The summed E-state index contributed by atoms with van der Waals surface area (Å²) in [6.07, 6.45) is 9.06. The summed E-state index contributed by atoms with van der Waals surface area (Å²) < 4.78 is 1.90. The SMILES string of the molecule is CC1CCc2cc(Nc3cccc(-n4ccnc4)n3)ccc2C1. The van der Waals surface area contributed by atoms with Crippen molar-refractivity contribution in [1.29, 1.82) is 0 Å². The number of rotatable bonds is 3. The number of benzene rings is 1. The third kappa shape index (κ3) is 2.97. The number of hydrogen-bond acceptors (Lipinski definition) is 3.